The fourth-order valence-corrected chi connectivity index (χ4v) is 1.06. The number of allylic oxidation sites excluding steroid dienone is 1. The first-order chi connectivity index (χ1) is 5.38. The summed E-state index contributed by atoms with van der Waals surface area (Å²) in [6.07, 6.45) is 4.66. The molecule has 0 aliphatic carbocycles. The predicted octanol–water partition coefficient (Wildman–Crippen LogP) is 1.97. The van der Waals surface area contributed by atoms with Crippen LogP contribution in [0, 0.1) is 6.07 Å². The fraction of sp³-hybridized carbons (Fsp3) is 0.111. The third kappa shape index (κ3) is 0.798. The van der Waals surface area contributed by atoms with Crippen molar-refractivity contribution in [3.8, 4) is 0 Å². The maximum absolute atomic E-state index is 7.49. The molecule has 2 rings (SSSR count). The van der Waals surface area contributed by atoms with Gasteiger partial charge in [0, 0.05) is 5.69 Å². The molecule has 0 amide bonds. The molecule has 0 saturated heterocycles. The number of benzene rings is 1. The van der Waals surface area contributed by atoms with Gasteiger partial charge >= 0.3 is 0 Å². The maximum Gasteiger partial charge on any atom is 0.166 e. The molecule has 1 N–H and O–H groups in total. The Balaban J connectivity index is 2.50. The van der Waals surface area contributed by atoms with Crippen LogP contribution < -0.4 is 5.31 Å². The predicted molar refractivity (Wildman–Crippen MR) is 41.7 cm³/mol. The Morgan fingerprint density at radius 3 is 3.60 bits per heavy atom. The van der Waals surface area contributed by atoms with Gasteiger partial charge in [-0.3, -0.25) is 0 Å². The molecule has 1 aliphatic heterocycles. The molecule has 1 nitrogen and oxygen atoms in total. The zero-order valence-corrected chi connectivity index (χ0v) is 5.54. The lowest BCUT2D eigenvalue weighted by Gasteiger charge is -2.10. The Morgan fingerprint density at radius 1 is 1.70 bits per heavy atom. The Labute approximate surface area is 61.8 Å². The SMILES string of the molecule is [2H]N1C=CCc2c[c]ccc21. The van der Waals surface area contributed by atoms with Crippen molar-refractivity contribution in [1.29, 1.82) is 0 Å². The van der Waals surface area contributed by atoms with Crippen LogP contribution >= 0.6 is 0 Å². The first kappa shape index (κ1) is 4.56. The van der Waals surface area contributed by atoms with Crippen molar-refractivity contribution in [2.24, 2.45) is 0 Å². The zero-order valence-electron chi connectivity index (χ0n) is 6.54. The molecule has 1 radical (unpaired) electrons. The molecule has 1 aromatic rings. The first-order valence-corrected chi connectivity index (χ1v) is 3.31. The molecule has 0 spiro atoms. The van der Waals surface area contributed by atoms with Gasteiger partial charge < -0.3 is 5.31 Å². The van der Waals surface area contributed by atoms with Gasteiger partial charge in [0.05, 0.1) is 0 Å². The fourth-order valence-electron chi connectivity index (χ4n) is 1.06. The van der Waals surface area contributed by atoms with Crippen LogP contribution in [0.5, 0.6) is 0 Å². The van der Waals surface area contributed by atoms with Crippen molar-refractivity contribution in [3.63, 3.8) is 0 Å². The third-order valence-corrected chi connectivity index (χ3v) is 1.58. The summed E-state index contributed by atoms with van der Waals surface area (Å²) in [5.74, 6) is 0. The Kier molecular flexibility index (Phi) is 0.992. The largest absolute Gasteiger partial charge is 0.362 e. The first-order valence-electron chi connectivity index (χ1n) is 3.76. The highest BCUT2D eigenvalue weighted by Crippen LogP contribution is 2.18. The van der Waals surface area contributed by atoms with E-state index in [9.17, 15) is 0 Å². The summed E-state index contributed by atoms with van der Waals surface area (Å²) < 4.78 is 7.49. The summed E-state index contributed by atoms with van der Waals surface area (Å²) in [5.41, 5.74) is 2.14. The van der Waals surface area contributed by atoms with Crippen LogP contribution in [0.25, 0.3) is 0 Å². The minimum atomic E-state index is 0.919. The molecule has 0 unspecified atom stereocenters. The van der Waals surface area contributed by atoms with Crippen LogP contribution in [0.1, 0.15) is 5.56 Å². The molecule has 0 aromatic heterocycles. The van der Waals surface area contributed by atoms with Crippen LogP contribution in [-0.2, 0) is 6.42 Å². The number of nitrogens with one attached hydrogen (secondary N) is 1. The van der Waals surface area contributed by atoms with Crippen LogP contribution in [0.2, 0.25) is 1.41 Å². The highest BCUT2D eigenvalue weighted by atomic mass is 14.8. The van der Waals surface area contributed by atoms with Crippen molar-refractivity contribution in [2.75, 3.05) is 5.31 Å². The normalized spacial score (nSPS) is 16.4. The summed E-state index contributed by atoms with van der Waals surface area (Å²) in [6, 6.07) is 8.67. The van der Waals surface area contributed by atoms with E-state index in [1.807, 2.05) is 24.3 Å². The van der Waals surface area contributed by atoms with Gasteiger partial charge in [-0.2, -0.15) is 0 Å². The monoisotopic (exact) mass is 131 g/mol. The number of rotatable bonds is 0. The molecule has 1 aliphatic rings. The number of hydrogen-bond acceptors (Lipinski definition) is 1. The minimum absolute atomic E-state index is 0.919. The highest BCUT2D eigenvalue weighted by Gasteiger charge is 2.00. The third-order valence-electron chi connectivity index (χ3n) is 1.58. The van der Waals surface area contributed by atoms with Gasteiger partial charge in [-0.25, -0.2) is 0 Å². The molecule has 1 heteroatoms. The topological polar surface area (TPSA) is 12.0 Å². The van der Waals surface area contributed by atoms with E-state index < -0.39 is 0 Å². The van der Waals surface area contributed by atoms with E-state index in [0.717, 1.165) is 12.1 Å². The van der Waals surface area contributed by atoms with Crippen LogP contribution in [0.15, 0.2) is 30.5 Å². The number of hydrogen-bond donors (Lipinski definition) is 1. The van der Waals surface area contributed by atoms with Crippen molar-refractivity contribution in [3.05, 3.63) is 42.1 Å². The highest BCUT2D eigenvalue weighted by molar-refractivity contribution is 5.55. The standard InChI is InChI=1S/C9H8N/c1-2-6-9-8(4-1)5-3-7-10-9/h2-4,6-7,10H,5H2/i/hD. The smallest absolute Gasteiger partial charge is 0.166 e. The van der Waals surface area contributed by atoms with E-state index in [-0.39, 0.29) is 0 Å². The summed E-state index contributed by atoms with van der Waals surface area (Å²) in [6.45, 7) is 0. The zero-order chi connectivity index (χ0) is 7.68. The van der Waals surface area contributed by atoms with E-state index in [1.54, 1.807) is 6.20 Å². The van der Waals surface area contributed by atoms with Gasteiger partial charge in [-0.15, -0.1) is 0 Å². The lowest BCUT2D eigenvalue weighted by Crippen LogP contribution is -1.98. The maximum atomic E-state index is 7.49. The minimum Gasteiger partial charge on any atom is -0.362 e. The molecule has 0 atom stereocenters. The Hall–Kier alpha value is -1.24. The summed E-state index contributed by atoms with van der Waals surface area (Å²) >= 11 is 0. The van der Waals surface area contributed by atoms with Gasteiger partial charge in [-0.05, 0) is 36.4 Å². The summed E-state index contributed by atoms with van der Waals surface area (Å²) in [7, 11) is 0. The quantitative estimate of drug-likeness (QED) is 0.567. The average Bonchev–Trinajstić information content (AvgIpc) is 2.06. The van der Waals surface area contributed by atoms with Gasteiger partial charge in [0.25, 0.3) is 0 Å². The second kappa shape index (κ2) is 2.18. The molecule has 49 valence electrons. The van der Waals surface area contributed by atoms with Crippen LogP contribution in [-0.4, -0.2) is 0 Å². The number of anilines is 1. The average molecular weight is 131 g/mol. The molecular formula is C9H8N. The lowest BCUT2D eigenvalue weighted by atomic mass is 10.1. The van der Waals surface area contributed by atoms with Crippen molar-refractivity contribution >= 4 is 5.69 Å². The van der Waals surface area contributed by atoms with Gasteiger partial charge in [0.15, 0.2) is 1.41 Å². The summed E-state index contributed by atoms with van der Waals surface area (Å²) in [4.78, 5) is 0. The van der Waals surface area contributed by atoms with Crippen molar-refractivity contribution in [1.82, 2.24) is 0 Å². The Bertz CT molecular complexity index is 293. The van der Waals surface area contributed by atoms with Crippen molar-refractivity contribution in [2.45, 2.75) is 6.42 Å². The van der Waals surface area contributed by atoms with Crippen molar-refractivity contribution < 1.29 is 1.41 Å². The van der Waals surface area contributed by atoms with Gasteiger partial charge in [0.2, 0.25) is 0 Å². The molecule has 1 heterocycles. The van der Waals surface area contributed by atoms with Gasteiger partial charge in [-0.1, -0.05) is 12.1 Å². The van der Waals surface area contributed by atoms with E-state index in [1.165, 1.54) is 10.9 Å². The molecular weight excluding hydrogens is 122 g/mol. The molecule has 0 saturated carbocycles. The van der Waals surface area contributed by atoms with E-state index in [4.69, 9.17) is 1.41 Å². The summed E-state index contributed by atoms with van der Waals surface area (Å²) in [5, 5.41) is 1.38. The Morgan fingerprint density at radius 2 is 2.70 bits per heavy atom. The molecule has 0 fully saturated rings. The van der Waals surface area contributed by atoms with E-state index >= 15 is 0 Å². The van der Waals surface area contributed by atoms with E-state index in [0.29, 0.717) is 0 Å². The molecule has 10 heavy (non-hydrogen) atoms. The van der Waals surface area contributed by atoms with E-state index in [2.05, 4.69) is 6.07 Å². The van der Waals surface area contributed by atoms with Gasteiger partial charge in [0.1, 0.15) is 0 Å². The molecule has 1 aromatic carbocycles. The lowest BCUT2D eigenvalue weighted by molar-refractivity contribution is 1.22. The second-order valence-corrected chi connectivity index (χ2v) is 2.27. The van der Waals surface area contributed by atoms with Crippen LogP contribution in [0.3, 0.4) is 0 Å². The number of fused-ring (bicyclic) bond motifs is 1. The van der Waals surface area contributed by atoms with Crippen LogP contribution in [0.4, 0.5) is 5.69 Å². The molecule has 0 bridgehead atoms. The second-order valence-electron chi connectivity index (χ2n) is 2.27.